The van der Waals surface area contributed by atoms with Crippen LogP contribution in [0.5, 0.6) is 0 Å². The molecule has 0 radical (unpaired) electrons. The summed E-state index contributed by atoms with van der Waals surface area (Å²) in [5.74, 6) is 0. The van der Waals surface area contributed by atoms with Crippen LogP contribution >= 0.6 is 0 Å². The molecule has 4 rings (SSSR count). The van der Waals surface area contributed by atoms with Gasteiger partial charge in [-0.15, -0.1) is 0 Å². The summed E-state index contributed by atoms with van der Waals surface area (Å²) in [4.78, 5) is 4.78. The minimum Gasteiger partial charge on any atom is -0.376 e. The van der Waals surface area contributed by atoms with Gasteiger partial charge in [-0.2, -0.15) is 0 Å². The second-order valence-corrected chi connectivity index (χ2v) is 4.99. The molecule has 1 aromatic heterocycles. The van der Waals surface area contributed by atoms with Gasteiger partial charge in [0.05, 0.1) is 17.3 Å². The number of nitrogens with one attached hydrogen (secondary N) is 1. The molecule has 1 unspecified atom stereocenters. The van der Waals surface area contributed by atoms with Crippen molar-refractivity contribution in [3.05, 3.63) is 71.9 Å². The lowest BCUT2D eigenvalue weighted by Crippen LogP contribution is -2.07. The third-order valence-electron chi connectivity index (χ3n) is 3.75. The fourth-order valence-electron chi connectivity index (χ4n) is 2.75. The first-order valence-corrected chi connectivity index (χ1v) is 6.60. The maximum absolute atomic E-state index is 4.78. The number of rotatable bonds is 1. The fraction of sp³-hybridized carbons (Fsp3) is 0.118. The van der Waals surface area contributed by atoms with Crippen LogP contribution in [0.25, 0.3) is 10.9 Å². The van der Waals surface area contributed by atoms with Crippen molar-refractivity contribution < 1.29 is 0 Å². The minimum absolute atomic E-state index is 0.294. The Labute approximate surface area is 112 Å². The number of hydrogen-bond acceptors (Lipinski definition) is 2. The third-order valence-corrected chi connectivity index (χ3v) is 3.75. The van der Waals surface area contributed by atoms with Crippen LogP contribution in [-0.2, 0) is 6.42 Å². The van der Waals surface area contributed by atoms with Gasteiger partial charge in [0.25, 0.3) is 0 Å². The maximum Gasteiger partial charge on any atom is 0.0726 e. The zero-order valence-corrected chi connectivity index (χ0v) is 10.5. The molecule has 1 N–H and O–H groups in total. The Hall–Kier alpha value is -2.35. The summed E-state index contributed by atoms with van der Waals surface area (Å²) in [5, 5.41) is 4.75. The standard InChI is InChI=1S/C17H14N2/c1-3-7-14-12(5-1)9-10-16(18-14)17-11-13-6-2-4-8-15(13)19-17/h1-10,17,19H,11H2. The molecule has 19 heavy (non-hydrogen) atoms. The van der Waals surface area contributed by atoms with E-state index in [4.69, 9.17) is 4.98 Å². The van der Waals surface area contributed by atoms with Crippen LogP contribution in [0.15, 0.2) is 60.7 Å². The van der Waals surface area contributed by atoms with Gasteiger partial charge >= 0.3 is 0 Å². The van der Waals surface area contributed by atoms with Crippen molar-refractivity contribution in [1.82, 2.24) is 4.98 Å². The summed E-state index contributed by atoms with van der Waals surface area (Å²) in [5.41, 5.74) is 4.80. The van der Waals surface area contributed by atoms with Gasteiger partial charge in [-0.05, 0) is 23.8 Å². The lowest BCUT2D eigenvalue weighted by Gasteiger charge is -2.11. The highest BCUT2D eigenvalue weighted by Gasteiger charge is 2.22. The van der Waals surface area contributed by atoms with E-state index in [9.17, 15) is 0 Å². The van der Waals surface area contributed by atoms with Crippen LogP contribution in [0.4, 0.5) is 5.69 Å². The van der Waals surface area contributed by atoms with E-state index < -0.39 is 0 Å². The molecular formula is C17H14N2. The van der Waals surface area contributed by atoms with E-state index in [1.54, 1.807) is 0 Å². The quantitative estimate of drug-likeness (QED) is 0.703. The highest BCUT2D eigenvalue weighted by Crippen LogP contribution is 2.33. The third kappa shape index (κ3) is 1.76. The Balaban J connectivity index is 1.73. The van der Waals surface area contributed by atoms with Crippen LogP contribution in [0, 0.1) is 0 Å². The average Bonchev–Trinajstić information content (AvgIpc) is 2.90. The zero-order chi connectivity index (χ0) is 12.7. The van der Waals surface area contributed by atoms with Crippen molar-refractivity contribution in [1.29, 1.82) is 0 Å². The number of hydrogen-bond donors (Lipinski definition) is 1. The molecule has 3 aromatic rings. The molecule has 1 atom stereocenters. The van der Waals surface area contributed by atoms with Crippen LogP contribution in [0.1, 0.15) is 17.3 Å². The minimum atomic E-state index is 0.294. The Kier molecular flexibility index (Phi) is 2.27. The molecule has 0 saturated heterocycles. The first kappa shape index (κ1) is 10.6. The van der Waals surface area contributed by atoms with Crippen LogP contribution in [0.2, 0.25) is 0 Å². The average molecular weight is 246 g/mol. The van der Waals surface area contributed by atoms with Gasteiger partial charge in [-0.25, -0.2) is 0 Å². The van der Waals surface area contributed by atoms with Gasteiger partial charge < -0.3 is 5.32 Å². The number of nitrogens with zero attached hydrogens (tertiary/aromatic N) is 1. The van der Waals surface area contributed by atoms with Crippen molar-refractivity contribution in [3.8, 4) is 0 Å². The molecule has 2 heterocycles. The summed E-state index contributed by atoms with van der Waals surface area (Å²) < 4.78 is 0. The van der Waals surface area contributed by atoms with Gasteiger partial charge in [0, 0.05) is 17.5 Å². The molecule has 0 bridgehead atoms. The van der Waals surface area contributed by atoms with E-state index in [0.717, 1.165) is 17.6 Å². The second-order valence-electron chi connectivity index (χ2n) is 4.99. The molecule has 1 aliphatic heterocycles. The van der Waals surface area contributed by atoms with Gasteiger partial charge in [0.1, 0.15) is 0 Å². The monoisotopic (exact) mass is 246 g/mol. The smallest absolute Gasteiger partial charge is 0.0726 e. The second kappa shape index (κ2) is 4.09. The van der Waals surface area contributed by atoms with E-state index in [-0.39, 0.29) is 0 Å². The number of benzene rings is 2. The van der Waals surface area contributed by atoms with Crippen molar-refractivity contribution >= 4 is 16.6 Å². The van der Waals surface area contributed by atoms with Gasteiger partial charge in [-0.1, -0.05) is 42.5 Å². The Morgan fingerprint density at radius 1 is 0.895 bits per heavy atom. The van der Waals surface area contributed by atoms with Gasteiger partial charge in [-0.3, -0.25) is 4.98 Å². The summed E-state index contributed by atoms with van der Waals surface area (Å²) in [6.45, 7) is 0. The first-order valence-electron chi connectivity index (χ1n) is 6.60. The van der Waals surface area contributed by atoms with E-state index in [2.05, 4.69) is 53.8 Å². The molecule has 2 heteroatoms. The molecule has 0 aliphatic carbocycles. The highest BCUT2D eigenvalue weighted by atomic mass is 15.0. The topological polar surface area (TPSA) is 24.9 Å². The molecule has 0 saturated carbocycles. The van der Waals surface area contributed by atoms with Gasteiger partial charge in [0.15, 0.2) is 0 Å². The molecule has 0 amide bonds. The first-order chi connectivity index (χ1) is 9.40. The molecule has 0 spiro atoms. The fourth-order valence-corrected chi connectivity index (χ4v) is 2.75. The van der Waals surface area contributed by atoms with Crippen LogP contribution in [0.3, 0.4) is 0 Å². The predicted octanol–water partition coefficient (Wildman–Crippen LogP) is 3.94. The Bertz CT molecular complexity index is 724. The zero-order valence-electron chi connectivity index (χ0n) is 10.5. The molecule has 1 aliphatic rings. The van der Waals surface area contributed by atoms with Crippen LogP contribution < -0.4 is 5.32 Å². The molecule has 0 fully saturated rings. The van der Waals surface area contributed by atoms with Gasteiger partial charge in [0.2, 0.25) is 0 Å². The van der Waals surface area contributed by atoms with Crippen molar-refractivity contribution in [2.24, 2.45) is 0 Å². The van der Waals surface area contributed by atoms with E-state index in [0.29, 0.717) is 6.04 Å². The number of aromatic nitrogens is 1. The van der Waals surface area contributed by atoms with Crippen molar-refractivity contribution in [2.75, 3.05) is 5.32 Å². The van der Waals surface area contributed by atoms with Crippen molar-refractivity contribution in [3.63, 3.8) is 0 Å². The SMILES string of the molecule is c1ccc2c(c1)CC(c1ccc3ccccc3n1)N2. The van der Waals surface area contributed by atoms with E-state index in [1.807, 2.05) is 12.1 Å². The summed E-state index contributed by atoms with van der Waals surface area (Å²) in [6, 6.07) is 21.3. The van der Waals surface area contributed by atoms with E-state index in [1.165, 1.54) is 16.6 Å². The molecular weight excluding hydrogens is 232 g/mol. The maximum atomic E-state index is 4.78. The summed E-state index contributed by atoms with van der Waals surface area (Å²) >= 11 is 0. The highest BCUT2D eigenvalue weighted by molar-refractivity contribution is 5.78. The summed E-state index contributed by atoms with van der Waals surface area (Å²) in [6.07, 6.45) is 1.02. The Morgan fingerprint density at radius 3 is 2.68 bits per heavy atom. The predicted molar refractivity (Wildman–Crippen MR) is 78.3 cm³/mol. The molecule has 2 aromatic carbocycles. The Morgan fingerprint density at radius 2 is 1.74 bits per heavy atom. The van der Waals surface area contributed by atoms with E-state index >= 15 is 0 Å². The molecule has 92 valence electrons. The normalized spacial score (nSPS) is 17.2. The lowest BCUT2D eigenvalue weighted by molar-refractivity contribution is 0.794. The largest absolute Gasteiger partial charge is 0.376 e. The van der Waals surface area contributed by atoms with Crippen molar-refractivity contribution in [2.45, 2.75) is 12.5 Å². The number of pyridine rings is 1. The lowest BCUT2D eigenvalue weighted by atomic mass is 10.1. The summed E-state index contributed by atoms with van der Waals surface area (Å²) in [7, 11) is 0. The number of anilines is 1. The molecule has 2 nitrogen and oxygen atoms in total. The van der Waals surface area contributed by atoms with Crippen LogP contribution in [-0.4, -0.2) is 4.98 Å². The number of para-hydroxylation sites is 2. The number of fused-ring (bicyclic) bond motifs is 2.